The van der Waals surface area contributed by atoms with Crippen LogP contribution in [0.4, 0.5) is 4.79 Å². The molecule has 0 saturated heterocycles. The summed E-state index contributed by atoms with van der Waals surface area (Å²) in [7, 11) is 0. The predicted octanol–water partition coefficient (Wildman–Crippen LogP) is 1.72. The van der Waals surface area contributed by atoms with Gasteiger partial charge in [-0.05, 0) is 35.2 Å². The summed E-state index contributed by atoms with van der Waals surface area (Å²) in [6.07, 6.45) is 1.08. The van der Waals surface area contributed by atoms with Gasteiger partial charge in [0.15, 0.2) is 0 Å². The number of carboxylic acid groups (broad SMARTS) is 1. The molecule has 0 unspecified atom stereocenters. The van der Waals surface area contributed by atoms with Gasteiger partial charge in [0.25, 0.3) is 0 Å². The Morgan fingerprint density at radius 1 is 1.21 bits per heavy atom. The largest absolute Gasteiger partial charge is 0.481 e. The zero-order valence-corrected chi connectivity index (χ0v) is 11.2. The third-order valence-corrected chi connectivity index (χ3v) is 3.06. The second kappa shape index (κ2) is 8.25. The minimum atomic E-state index is -0.881. The Balaban J connectivity index is 2.10. The highest BCUT2D eigenvalue weighted by Gasteiger charge is 2.07. The number of hydrogen-bond donors (Lipinski definition) is 3. The summed E-state index contributed by atoms with van der Waals surface area (Å²) >= 11 is 1.53. The van der Waals surface area contributed by atoms with Crippen LogP contribution in [0.15, 0.2) is 16.8 Å². The van der Waals surface area contributed by atoms with Gasteiger partial charge in [-0.3, -0.25) is 14.9 Å². The van der Waals surface area contributed by atoms with E-state index in [9.17, 15) is 14.4 Å². The van der Waals surface area contributed by atoms with Gasteiger partial charge in [0.1, 0.15) is 0 Å². The van der Waals surface area contributed by atoms with Gasteiger partial charge in [0.2, 0.25) is 5.91 Å². The second-order valence-electron chi connectivity index (χ2n) is 3.96. The molecule has 19 heavy (non-hydrogen) atoms. The lowest BCUT2D eigenvalue weighted by molar-refractivity contribution is -0.137. The first kappa shape index (κ1) is 15.2. The predicted molar refractivity (Wildman–Crippen MR) is 70.8 cm³/mol. The fraction of sp³-hybridized carbons (Fsp3) is 0.417. The first-order valence-electron chi connectivity index (χ1n) is 5.88. The molecule has 1 aromatic heterocycles. The molecule has 6 nitrogen and oxygen atoms in total. The van der Waals surface area contributed by atoms with Crippen LogP contribution >= 0.6 is 11.3 Å². The molecule has 0 bridgehead atoms. The van der Waals surface area contributed by atoms with Gasteiger partial charge < -0.3 is 10.4 Å². The van der Waals surface area contributed by atoms with Crippen LogP contribution in [0.5, 0.6) is 0 Å². The minimum Gasteiger partial charge on any atom is -0.481 e. The average Bonchev–Trinajstić information content (AvgIpc) is 2.85. The van der Waals surface area contributed by atoms with Crippen molar-refractivity contribution in [2.24, 2.45) is 0 Å². The molecule has 1 rings (SSSR count). The first-order chi connectivity index (χ1) is 9.08. The number of amides is 3. The number of carboxylic acids is 1. The standard InChI is InChI=1S/C12H16N2O4S/c15-10(3-1-2-4-11(16)17)14-12(18)13-7-9-5-6-19-8-9/h5-6,8H,1-4,7H2,(H,16,17)(H2,13,14,15,18). The number of hydrogen-bond acceptors (Lipinski definition) is 4. The Labute approximate surface area is 114 Å². The fourth-order valence-electron chi connectivity index (χ4n) is 1.37. The molecule has 0 fully saturated rings. The molecule has 0 aromatic carbocycles. The topological polar surface area (TPSA) is 95.5 Å². The molecule has 1 aromatic rings. The molecule has 0 atom stereocenters. The van der Waals surface area contributed by atoms with E-state index in [4.69, 9.17) is 5.11 Å². The molecule has 3 N–H and O–H groups in total. The van der Waals surface area contributed by atoms with Crippen molar-refractivity contribution in [3.63, 3.8) is 0 Å². The third-order valence-electron chi connectivity index (χ3n) is 2.33. The molecule has 0 radical (unpaired) electrons. The lowest BCUT2D eigenvalue weighted by Crippen LogP contribution is -2.38. The maximum Gasteiger partial charge on any atom is 0.321 e. The zero-order valence-electron chi connectivity index (χ0n) is 10.3. The first-order valence-corrected chi connectivity index (χ1v) is 6.83. The van der Waals surface area contributed by atoms with Crippen molar-refractivity contribution in [2.75, 3.05) is 0 Å². The van der Waals surface area contributed by atoms with E-state index in [0.717, 1.165) is 5.56 Å². The third kappa shape index (κ3) is 7.20. The Hall–Kier alpha value is -1.89. The van der Waals surface area contributed by atoms with Crippen LogP contribution in [0.1, 0.15) is 31.2 Å². The van der Waals surface area contributed by atoms with Gasteiger partial charge in [-0.1, -0.05) is 0 Å². The van der Waals surface area contributed by atoms with Crippen LogP contribution in [0.2, 0.25) is 0 Å². The van der Waals surface area contributed by atoms with Crippen molar-refractivity contribution >= 4 is 29.2 Å². The maximum atomic E-state index is 11.4. The van der Waals surface area contributed by atoms with Crippen LogP contribution < -0.4 is 10.6 Å². The number of carbonyl (C=O) groups is 3. The number of rotatable bonds is 7. The maximum absolute atomic E-state index is 11.4. The van der Waals surface area contributed by atoms with E-state index in [0.29, 0.717) is 19.4 Å². The summed E-state index contributed by atoms with van der Waals surface area (Å²) in [6.45, 7) is 0.377. The van der Waals surface area contributed by atoms with Crippen LogP contribution in [0.25, 0.3) is 0 Å². The normalized spacial score (nSPS) is 9.89. The zero-order chi connectivity index (χ0) is 14.1. The van der Waals surface area contributed by atoms with Crippen molar-refractivity contribution in [3.05, 3.63) is 22.4 Å². The Kier molecular flexibility index (Phi) is 6.59. The number of urea groups is 1. The lowest BCUT2D eigenvalue weighted by atomic mass is 10.2. The monoisotopic (exact) mass is 284 g/mol. The molecular formula is C12H16N2O4S. The number of imide groups is 1. The molecule has 1 heterocycles. The summed E-state index contributed by atoms with van der Waals surface area (Å²) in [5, 5.41) is 17.0. The average molecular weight is 284 g/mol. The molecule has 104 valence electrons. The van der Waals surface area contributed by atoms with Crippen molar-refractivity contribution in [1.82, 2.24) is 10.6 Å². The SMILES string of the molecule is O=C(O)CCCCC(=O)NC(=O)NCc1ccsc1. The van der Waals surface area contributed by atoms with E-state index in [2.05, 4.69) is 10.6 Å². The lowest BCUT2D eigenvalue weighted by Gasteiger charge is -2.05. The van der Waals surface area contributed by atoms with Crippen LogP contribution in [-0.2, 0) is 16.1 Å². The van der Waals surface area contributed by atoms with Crippen molar-refractivity contribution in [3.8, 4) is 0 Å². The summed E-state index contributed by atoms with van der Waals surface area (Å²) in [5.74, 6) is -1.28. The summed E-state index contributed by atoms with van der Waals surface area (Å²) in [6, 6.07) is 1.35. The van der Waals surface area contributed by atoms with E-state index in [1.807, 2.05) is 16.8 Å². The van der Waals surface area contributed by atoms with Crippen molar-refractivity contribution < 1.29 is 19.5 Å². The summed E-state index contributed by atoms with van der Waals surface area (Å²) in [5.41, 5.74) is 0.981. The number of aliphatic carboxylic acids is 1. The van der Waals surface area contributed by atoms with Gasteiger partial charge in [-0.25, -0.2) is 4.79 Å². The molecule has 0 spiro atoms. The van der Waals surface area contributed by atoms with Crippen LogP contribution in [0.3, 0.4) is 0 Å². The van der Waals surface area contributed by atoms with E-state index in [-0.39, 0.29) is 12.8 Å². The molecule has 0 saturated carbocycles. The van der Waals surface area contributed by atoms with Crippen LogP contribution in [0, 0.1) is 0 Å². The van der Waals surface area contributed by atoms with E-state index in [1.165, 1.54) is 11.3 Å². The quantitative estimate of drug-likeness (QED) is 0.664. The molecule has 0 aliphatic carbocycles. The van der Waals surface area contributed by atoms with Gasteiger partial charge in [0, 0.05) is 19.4 Å². The number of carbonyl (C=O) groups excluding carboxylic acids is 2. The number of thiophene rings is 1. The van der Waals surface area contributed by atoms with E-state index >= 15 is 0 Å². The van der Waals surface area contributed by atoms with Gasteiger partial charge in [-0.2, -0.15) is 11.3 Å². The van der Waals surface area contributed by atoms with E-state index < -0.39 is 17.9 Å². The molecule has 7 heteroatoms. The van der Waals surface area contributed by atoms with Gasteiger partial charge in [-0.15, -0.1) is 0 Å². The van der Waals surface area contributed by atoms with Gasteiger partial charge >= 0.3 is 12.0 Å². The van der Waals surface area contributed by atoms with Gasteiger partial charge in [0.05, 0.1) is 0 Å². The highest BCUT2D eigenvalue weighted by Crippen LogP contribution is 2.04. The molecule has 3 amide bonds. The highest BCUT2D eigenvalue weighted by molar-refractivity contribution is 7.07. The molecular weight excluding hydrogens is 268 g/mol. The number of nitrogens with one attached hydrogen (secondary N) is 2. The summed E-state index contributed by atoms with van der Waals surface area (Å²) < 4.78 is 0. The highest BCUT2D eigenvalue weighted by atomic mass is 32.1. The van der Waals surface area contributed by atoms with E-state index in [1.54, 1.807) is 0 Å². The van der Waals surface area contributed by atoms with Crippen LogP contribution in [-0.4, -0.2) is 23.0 Å². The van der Waals surface area contributed by atoms with Crippen molar-refractivity contribution in [2.45, 2.75) is 32.2 Å². The Morgan fingerprint density at radius 3 is 2.58 bits per heavy atom. The Bertz CT molecular complexity index is 431. The fourth-order valence-corrected chi connectivity index (χ4v) is 2.04. The smallest absolute Gasteiger partial charge is 0.321 e. The second-order valence-corrected chi connectivity index (χ2v) is 4.74. The van der Waals surface area contributed by atoms with Crippen molar-refractivity contribution in [1.29, 1.82) is 0 Å². The Morgan fingerprint density at radius 2 is 1.95 bits per heavy atom. The number of unbranched alkanes of at least 4 members (excludes halogenated alkanes) is 1. The molecule has 0 aliphatic rings. The summed E-state index contributed by atoms with van der Waals surface area (Å²) in [4.78, 5) is 33.0. The minimum absolute atomic E-state index is 0.0393. The molecule has 0 aliphatic heterocycles.